The molecule has 0 aliphatic carbocycles. The van der Waals surface area contributed by atoms with Crippen molar-refractivity contribution in [3.8, 4) is 0 Å². The Balaban J connectivity index is 1.58. The van der Waals surface area contributed by atoms with Gasteiger partial charge in [0.05, 0.1) is 5.69 Å². The van der Waals surface area contributed by atoms with Crippen LogP contribution in [0.1, 0.15) is 35.8 Å². The van der Waals surface area contributed by atoms with E-state index in [2.05, 4.69) is 27.1 Å². The van der Waals surface area contributed by atoms with Crippen molar-refractivity contribution < 1.29 is 4.79 Å². The number of anilines is 1. The molecule has 0 bridgehead atoms. The Labute approximate surface area is 134 Å². The first-order valence-electron chi connectivity index (χ1n) is 7.59. The van der Waals surface area contributed by atoms with Gasteiger partial charge in [0.1, 0.15) is 0 Å². The molecule has 3 rings (SSSR count). The number of amides is 1. The molecule has 5 nitrogen and oxygen atoms in total. The summed E-state index contributed by atoms with van der Waals surface area (Å²) >= 11 is 1.48. The minimum atomic E-state index is -0.144. The lowest BCUT2D eigenvalue weighted by molar-refractivity contribution is 0.102. The summed E-state index contributed by atoms with van der Waals surface area (Å²) in [6.07, 6.45) is 5.80. The number of hydrogen-bond acceptors (Lipinski definition) is 5. The van der Waals surface area contributed by atoms with Crippen LogP contribution in [0.2, 0.25) is 0 Å². The van der Waals surface area contributed by atoms with Crippen molar-refractivity contribution in [1.82, 2.24) is 14.9 Å². The normalized spacial score (nSPS) is 19.0. The number of nitrogens with zero attached hydrogens (tertiary/aromatic N) is 3. The molecule has 0 unspecified atom stereocenters. The molecule has 116 valence electrons. The van der Waals surface area contributed by atoms with Gasteiger partial charge in [0.25, 0.3) is 5.91 Å². The lowest BCUT2D eigenvalue weighted by Crippen LogP contribution is -2.33. The van der Waals surface area contributed by atoms with Gasteiger partial charge in [-0.05, 0) is 37.4 Å². The van der Waals surface area contributed by atoms with E-state index in [1.165, 1.54) is 24.2 Å². The molecule has 6 heteroatoms. The van der Waals surface area contributed by atoms with E-state index in [1.54, 1.807) is 24.5 Å². The molecule has 1 saturated heterocycles. The van der Waals surface area contributed by atoms with Crippen LogP contribution < -0.4 is 5.32 Å². The number of nitrogens with one attached hydrogen (secondary N) is 1. The predicted octanol–water partition coefficient (Wildman–Crippen LogP) is 3.02. The number of piperidine rings is 1. The van der Waals surface area contributed by atoms with Gasteiger partial charge in [-0.15, -0.1) is 11.3 Å². The second kappa shape index (κ2) is 6.98. The monoisotopic (exact) mass is 316 g/mol. The smallest absolute Gasteiger partial charge is 0.257 e. The van der Waals surface area contributed by atoms with Crippen molar-refractivity contribution in [3.63, 3.8) is 0 Å². The Kier molecular flexibility index (Phi) is 4.80. The molecule has 1 atom stereocenters. The van der Waals surface area contributed by atoms with Crippen LogP contribution in [-0.4, -0.2) is 33.9 Å². The molecule has 1 amide bonds. The standard InChI is InChI=1S/C16H20N4OS/c1-12-3-2-8-20(9-12)10-14-11-22-16(18-14)19-15(21)13-4-6-17-7-5-13/h4-7,11-12H,2-3,8-10H2,1H3,(H,18,19,21)/t12-/m1/s1. The number of carbonyl (C=O) groups excluding carboxylic acids is 1. The van der Waals surface area contributed by atoms with Gasteiger partial charge in [0, 0.05) is 36.4 Å². The number of hydrogen-bond donors (Lipinski definition) is 1. The van der Waals surface area contributed by atoms with Crippen molar-refractivity contribution in [3.05, 3.63) is 41.2 Å². The van der Waals surface area contributed by atoms with Crippen LogP contribution in [0.15, 0.2) is 29.9 Å². The molecule has 1 aliphatic rings. The maximum absolute atomic E-state index is 12.1. The molecule has 0 aromatic carbocycles. The van der Waals surface area contributed by atoms with Gasteiger partial charge in [-0.2, -0.15) is 0 Å². The Morgan fingerprint density at radius 3 is 3.05 bits per heavy atom. The fourth-order valence-electron chi connectivity index (χ4n) is 2.77. The summed E-state index contributed by atoms with van der Waals surface area (Å²) in [5, 5.41) is 5.53. The van der Waals surface area contributed by atoms with Gasteiger partial charge in [0.15, 0.2) is 5.13 Å². The Bertz CT molecular complexity index is 628. The van der Waals surface area contributed by atoms with E-state index in [4.69, 9.17) is 0 Å². The van der Waals surface area contributed by atoms with Crippen LogP contribution in [0.25, 0.3) is 0 Å². The number of aromatic nitrogens is 2. The van der Waals surface area contributed by atoms with Crippen LogP contribution >= 0.6 is 11.3 Å². The molecule has 2 aromatic heterocycles. The highest BCUT2D eigenvalue weighted by Gasteiger charge is 2.17. The first-order valence-corrected chi connectivity index (χ1v) is 8.47. The van der Waals surface area contributed by atoms with E-state index in [1.807, 2.05) is 5.38 Å². The summed E-state index contributed by atoms with van der Waals surface area (Å²) in [6.45, 7) is 5.44. The molecule has 1 fully saturated rings. The molecule has 2 aromatic rings. The molecule has 1 N–H and O–H groups in total. The summed E-state index contributed by atoms with van der Waals surface area (Å²) in [7, 11) is 0. The van der Waals surface area contributed by atoms with Gasteiger partial charge >= 0.3 is 0 Å². The number of pyridine rings is 1. The minimum absolute atomic E-state index is 0.144. The first-order chi connectivity index (χ1) is 10.7. The summed E-state index contributed by atoms with van der Waals surface area (Å²) in [5.74, 6) is 0.619. The van der Waals surface area contributed by atoms with Crippen LogP contribution in [-0.2, 0) is 6.54 Å². The summed E-state index contributed by atoms with van der Waals surface area (Å²) in [6, 6.07) is 3.39. The van der Waals surface area contributed by atoms with Crippen LogP contribution in [0.3, 0.4) is 0 Å². The second-order valence-electron chi connectivity index (χ2n) is 5.82. The maximum atomic E-state index is 12.1. The summed E-state index contributed by atoms with van der Waals surface area (Å²) in [4.78, 5) is 23.0. The predicted molar refractivity (Wildman–Crippen MR) is 88.0 cm³/mol. The number of carbonyl (C=O) groups is 1. The second-order valence-corrected chi connectivity index (χ2v) is 6.67. The highest BCUT2D eigenvalue weighted by molar-refractivity contribution is 7.13. The molecule has 3 heterocycles. The molecule has 0 saturated carbocycles. The fraction of sp³-hybridized carbons (Fsp3) is 0.438. The van der Waals surface area contributed by atoms with Crippen molar-refractivity contribution in [2.75, 3.05) is 18.4 Å². The third-order valence-corrected chi connectivity index (χ3v) is 4.65. The topological polar surface area (TPSA) is 58.1 Å². The third-order valence-electron chi connectivity index (χ3n) is 3.84. The number of thiazole rings is 1. The van der Waals surface area contributed by atoms with Crippen LogP contribution in [0.5, 0.6) is 0 Å². The minimum Gasteiger partial charge on any atom is -0.298 e. The van der Waals surface area contributed by atoms with E-state index < -0.39 is 0 Å². The number of rotatable bonds is 4. The zero-order valence-corrected chi connectivity index (χ0v) is 13.5. The zero-order valence-electron chi connectivity index (χ0n) is 12.7. The maximum Gasteiger partial charge on any atom is 0.257 e. The Morgan fingerprint density at radius 2 is 2.27 bits per heavy atom. The van der Waals surface area contributed by atoms with Crippen molar-refractivity contribution in [1.29, 1.82) is 0 Å². The highest BCUT2D eigenvalue weighted by atomic mass is 32.1. The third kappa shape index (κ3) is 3.90. The van der Waals surface area contributed by atoms with Crippen LogP contribution in [0, 0.1) is 5.92 Å². The molecule has 1 aliphatic heterocycles. The quantitative estimate of drug-likeness (QED) is 0.942. The Hall–Kier alpha value is -1.79. The van der Waals surface area contributed by atoms with E-state index in [0.29, 0.717) is 10.7 Å². The van der Waals surface area contributed by atoms with Gasteiger partial charge in [-0.1, -0.05) is 6.92 Å². The van der Waals surface area contributed by atoms with E-state index >= 15 is 0 Å². The van der Waals surface area contributed by atoms with Crippen LogP contribution in [0.4, 0.5) is 5.13 Å². The van der Waals surface area contributed by atoms with Gasteiger partial charge in [-0.3, -0.25) is 20.0 Å². The molecular weight excluding hydrogens is 296 g/mol. The molecule has 0 spiro atoms. The molecule has 0 radical (unpaired) electrons. The van der Waals surface area contributed by atoms with E-state index in [9.17, 15) is 4.79 Å². The first kappa shape index (κ1) is 15.1. The lowest BCUT2D eigenvalue weighted by Gasteiger charge is -2.30. The van der Waals surface area contributed by atoms with Crippen molar-refractivity contribution in [2.45, 2.75) is 26.3 Å². The molecule has 22 heavy (non-hydrogen) atoms. The van der Waals surface area contributed by atoms with E-state index in [-0.39, 0.29) is 5.91 Å². The lowest BCUT2D eigenvalue weighted by atomic mass is 10.0. The van der Waals surface area contributed by atoms with Gasteiger partial charge < -0.3 is 0 Å². The van der Waals surface area contributed by atoms with Crippen molar-refractivity contribution in [2.24, 2.45) is 5.92 Å². The summed E-state index contributed by atoms with van der Waals surface area (Å²) in [5.41, 5.74) is 1.63. The molecular formula is C16H20N4OS. The Morgan fingerprint density at radius 1 is 1.45 bits per heavy atom. The van der Waals surface area contributed by atoms with Crippen molar-refractivity contribution >= 4 is 22.4 Å². The highest BCUT2D eigenvalue weighted by Crippen LogP contribution is 2.21. The van der Waals surface area contributed by atoms with Gasteiger partial charge in [-0.25, -0.2) is 4.98 Å². The average molecular weight is 316 g/mol. The summed E-state index contributed by atoms with van der Waals surface area (Å²) < 4.78 is 0. The number of likely N-dealkylation sites (tertiary alicyclic amines) is 1. The van der Waals surface area contributed by atoms with Gasteiger partial charge in [0.2, 0.25) is 0 Å². The van der Waals surface area contributed by atoms with E-state index in [0.717, 1.165) is 31.2 Å². The zero-order chi connectivity index (χ0) is 15.4. The average Bonchev–Trinajstić information content (AvgIpc) is 2.95. The fourth-order valence-corrected chi connectivity index (χ4v) is 3.47. The largest absolute Gasteiger partial charge is 0.298 e. The SMILES string of the molecule is C[C@@H]1CCCN(Cc2csc(NC(=O)c3ccncc3)n2)C1.